The number of nitrogens with one attached hydrogen (secondary N) is 1. The molecule has 2 fully saturated rings. The Labute approximate surface area is 169 Å². The predicted molar refractivity (Wildman–Crippen MR) is 106 cm³/mol. The lowest BCUT2D eigenvalue weighted by molar-refractivity contribution is 0.0532. The van der Waals surface area contributed by atoms with Crippen molar-refractivity contribution in [1.82, 2.24) is 30.1 Å². The smallest absolute Gasteiger partial charge is 0.276 e. The van der Waals surface area contributed by atoms with Gasteiger partial charge in [-0.05, 0) is 44.1 Å². The highest BCUT2D eigenvalue weighted by molar-refractivity contribution is 5.95. The average molecular weight is 398 g/mol. The van der Waals surface area contributed by atoms with Crippen LogP contribution in [0.1, 0.15) is 39.7 Å². The maximum atomic E-state index is 12.8. The highest BCUT2D eigenvalue weighted by Gasteiger charge is 2.27. The van der Waals surface area contributed by atoms with Crippen LogP contribution in [-0.2, 0) is 0 Å². The molecule has 3 heterocycles. The number of benzene rings is 1. The van der Waals surface area contributed by atoms with Gasteiger partial charge in [-0.1, -0.05) is 11.3 Å². The summed E-state index contributed by atoms with van der Waals surface area (Å²) >= 11 is 0. The van der Waals surface area contributed by atoms with Crippen LogP contribution in [-0.4, -0.2) is 83.0 Å². The van der Waals surface area contributed by atoms with Crippen LogP contribution in [0.3, 0.4) is 0 Å². The summed E-state index contributed by atoms with van der Waals surface area (Å²) in [6, 6.07) is 7.42. The van der Waals surface area contributed by atoms with Gasteiger partial charge in [-0.25, -0.2) is 4.68 Å². The molecule has 1 aromatic carbocycles. The Kier molecular flexibility index (Phi) is 5.75. The summed E-state index contributed by atoms with van der Waals surface area (Å²) in [6.45, 7) is 3.85. The number of hydrogen-bond donors (Lipinski definition) is 1. The highest BCUT2D eigenvalue weighted by atomic mass is 16.5. The first-order chi connectivity index (χ1) is 14.2. The maximum absolute atomic E-state index is 12.8. The molecule has 0 bridgehead atoms. The Bertz CT molecular complexity index is 869. The zero-order valence-electron chi connectivity index (χ0n) is 16.6. The number of nitrogens with zero attached hydrogens (tertiary/aromatic N) is 5. The first kappa shape index (κ1) is 19.4. The van der Waals surface area contributed by atoms with E-state index in [1.165, 1.54) is 0 Å². The molecule has 0 atom stereocenters. The van der Waals surface area contributed by atoms with Crippen molar-refractivity contribution in [1.29, 1.82) is 0 Å². The van der Waals surface area contributed by atoms with E-state index in [2.05, 4.69) is 15.6 Å². The molecular weight excluding hydrogens is 372 g/mol. The Balaban J connectivity index is 1.35. The van der Waals surface area contributed by atoms with Crippen molar-refractivity contribution in [2.75, 3.05) is 46.4 Å². The normalized spacial score (nSPS) is 18.0. The summed E-state index contributed by atoms with van der Waals surface area (Å²) in [5, 5.41) is 11.6. The van der Waals surface area contributed by atoms with E-state index in [1.54, 1.807) is 41.3 Å². The van der Waals surface area contributed by atoms with Gasteiger partial charge in [0, 0.05) is 31.7 Å². The van der Waals surface area contributed by atoms with E-state index in [9.17, 15) is 9.59 Å². The quantitative estimate of drug-likeness (QED) is 0.819. The zero-order chi connectivity index (χ0) is 20.2. The van der Waals surface area contributed by atoms with Crippen LogP contribution in [0.4, 0.5) is 0 Å². The number of rotatable bonds is 4. The first-order valence-electron chi connectivity index (χ1n) is 10.0. The molecule has 2 aliphatic heterocycles. The van der Waals surface area contributed by atoms with Crippen LogP contribution in [0.2, 0.25) is 0 Å². The van der Waals surface area contributed by atoms with E-state index >= 15 is 0 Å². The minimum atomic E-state index is -0.126. The van der Waals surface area contributed by atoms with Gasteiger partial charge in [0.25, 0.3) is 11.8 Å². The van der Waals surface area contributed by atoms with Crippen LogP contribution >= 0.6 is 0 Å². The van der Waals surface area contributed by atoms with Crippen LogP contribution in [0.25, 0.3) is 0 Å². The molecular formula is C20H26N6O3. The van der Waals surface area contributed by atoms with E-state index in [4.69, 9.17) is 4.74 Å². The SMILES string of the molecule is COc1cccc(C(=O)N2CCN(C(=O)c3cn(C4CCNCC4)nn3)CC2)c1. The number of hydrogen-bond acceptors (Lipinski definition) is 6. The monoisotopic (exact) mass is 398 g/mol. The van der Waals surface area contributed by atoms with Gasteiger partial charge in [0.2, 0.25) is 0 Å². The minimum absolute atomic E-state index is 0.0483. The van der Waals surface area contributed by atoms with Crippen LogP contribution in [0, 0.1) is 0 Å². The Morgan fingerprint density at radius 1 is 1.07 bits per heavy atom. The molecule has 0 saturated carbocycles. The third-order valence-electron chi connectivity index (χ3n) is 5.58. The lowest BCUT2D eigenvalue weighted by Crippen LogP contribution is -2.50. The number of piperazine rings is 1. The van der Waals surface area contributed by atoms with Gasteiger partial charge in [-0.3, -0.25) is 9.59 Å². The van der Waals surface area contributed by atoms with Gasteiger partial charge in [0.1, 0.15) is 5.75 Å². The average Bonchev–Trinajstić information content (AvgIpc) is 3.29. The molecule has 0 radical (unpaired) electrons. The van der Waals surface area contributed by atoms with E-state index < -0.39 is 0 Å². The third-order valence-corrected chi connectivity index (χ3v) is 5.58. The van der Waals surface area contributed by atoms with Gasteiger partial charge in [-0.2, -0.15) is 0 Å². The first-order valence-corrected chi connectivity index (χ1v) is 10.0. The molecule has 1 aromatic heterocycles. The lowest BCUT2D eigenvalue weighted by atomic mass is 10.1. The molecule has 2 aromatic rings. The molecule has 0 aliphatic carbocycles. The summed E-state index contributed by atoms with van der Waals surface area (Å²) in [5.74, 6) is 0.480. The number of piperidine rings is 1. The van der Waals surface area contributed by atoms with Crippen molar-refractivity contribution in [3.63, 3.8) is 0 Å². The number of methoxy groups -OCH3 is 1. The summed E-state index contributed by atoms with van der Waals surface area (Å²) in [5.41, 5.74) is 0.963. The number of carbonyl (C=O) groups excluding carboxylic acids is 2. The Hall–Kier alpha value is -2.94. The molecule has 1 N–H and O–H groups in total. The Morgan fingerprint density at radius 3 is 2.45 bits per heavy atom. The zero-order valence-corrected chi connectivity index (χ0v) is 16.6. The summed E-state index contributed by atoms with van der Waals surface area (Å²) in [4.78, 5) is 29.0. The summed E-state index contributed by atoms with van der Waals surface area (Å²) < 4.78 is 7.01. The van der Waals surface area contributed by atoms with Crippen LogP contribution < -0.4 is 10.1 Å². The molecule has 9 nitrogen and oxygen atoms in total. The van der Waals surface area contributed by atoms with Gasteiger partial charge in [0.05, 0.1) is 19.3 Å². The van der Waals surface area contributed by atoms with Crippen LogP contribution in [0.5, 0.6) is 5.75 Å². The van der Waals surface area contributed by atoms with Crippen LogP contribution in [0.15, 0.2) is 30.5 Å². The molecule has 4 rings (SSSR count). The number of ether oxygens (including phenoxy) is 1. The molecule has 9 heteroatoms. The van der Waals surface area contributed by atoms with Gasteiger partial charge < -0.3 is 19.9 Å². The predicted octanol–water partition coefficient (Wildman–Crippen LogP) is 0.809. The van der Waals surface area contributed by atoms with E-state index in [0.717, 1.165) is 25.9 Å². The fraction of sp³-hybridized carbons (Fsp3) is 0.500. The summed E-state index contributed by atoms with van der Waals surface area (Å²) in [7, 11) is 1.58. The van der Waals surface area contributed by atoms with E-state index in [1.807, 2.05) is 10.7 Å². The molecule has 29 heavy (non-hydrogen) atoms. The van der Waals surface area contributed by atoms with Crippen molar-refractivity contribution >= 4 is 11.8 Å². The fourth-order valence-electron chi connectivity index (χ4n) is 3.84. The molecule has 2 saturated heterocycles. The largest absolute Gasteiger partial charge is 0.497 e. The molecule has 2 aliphatic rings. The second-order valence-corrected chi connectivity index (χ2v) is 7.38. The molecule has 154 valence electrons. The lowest BCUT2D eigenvalue weighted by Gasteiger charge is -2.34. The molecule has 2 amide bonds. The van der Waals surface area contributed by atoms with E-state index in [0.29, 0.717) is 49.2 Å². The van der Waals surface area contributed by atoms with Gasteiger partial charge >= 0.3 is 0 Å². The van der Waals surface area contributed by atoms with Crippen molar-refractivity contribution in [3.8, 4) is 5.75 Å². The minimum Gasteiger partial charge on any atom is -0.497 e. The van der Waals surface area contributed by atoms with E-state index in [-0.39, 0.29) is 11.8 Å². The number of aromatic nitrogens is 3. The van der Waals surface area contributed by atoms with Crippen molar-refractivity contribution in [2.45, 2.75) is 18.9 Å². The molecule has 0 unspecified atom stereocenters. The number of amides is 2. The van der Waals surface area contributed by atoms with Gasteiger partial charge in [0.15, 0.2) is 5.69 Å². The van der Waals surface area contributed by atoms with Crippen molar-refractivity contribution in [2.24, 2.45) is 0 Å². The second-order valence-electron chi connectivity index (χ2n) is 7.38. The maximum Gasteiger partial charge on any atom is 0.276 e. The molecule has 0 spiro atoms. The summed E-state index contributed by atoms with van der Waals surface area (Å²) in [6.07, 6.45) is 3.73. The van der Waals surface area contributed by atoms with Crippen molar-refractivity contribution < 1.29 is 14.3 Å². The standard InChI is InChI=1S/C20H26N6O3/c1-29-17-4-2-3-15(13-17)19(27)24-9-11-25(12-10-24)20(28)18-14-26(23-22-18)16-5-7-21-8-6-16/h2-4,13-14,16,21H,5-12H2,1H3. The Morgan fingerprint density at radius 2 is 1.76 bits per heavy atom. The highest BCUT2D eigenvalue weighted by Crippen LogP contribution is 2.19. The topological polar surface area (TPSA) is 92.6 Å². The fourth-order valence-corrected chi connectivity index (χ4v) is 3.84. The number of carbonyl (C=O) groups is 2. The third kappa shape index (κ3) is 4.24. The van der Waals surface area contributed by atoms with Crippen molar-refractivity contribution in [3.05, 3.63) is 41.7 Å². The second kappa shape index (κ2) is 8.60. The van der Waals surface area contributed by atoms with Gasteiger partial charge in [-0.15, -0.1) is 5.10 Å².